The molecule has 1 fully saturated rings. The van der Waals surface area contributed by atoms with Crippen molar-refractivity contribution in [2.45, 2.75) is 32.7 Å². The quantitative estimate of drug-likeness (QED) is 0.703. The van der Waals surface area contributed by atoms with Gasteiger partial charge in [-0.1, -0.05) is 0 Å². The monoisotopic (exact) mass is 341 g/mol. The Morgan fingerprint density at radius 1 is 1.48 bits per heavy atom. The molecule has 1 aliphatic heterocycles. The van der Waals surface area contributed by atoms with E-state index in [1.54, 1.807) is 6.07 Å². The smallest absolute Gasteiger partial charge is 0.224 e. The fourth-order valence-electron chi connectivity index (χ4n) is 3.22. The van der Waals surface area contributed by atoms with Crippen LogP contribution in [-0.4, -0.2) is 41.8 Å². The molecule has 0 spiro atoms. The van der Waals surface area contributed by atoms with Crippen molar-refractivity contribution in [1.29, 1.82) is 0 Å². The normalized spacial score (nSPS) is 20.2. The summed E-state index contributed by atoms with van der Waals surface area (Å²) in [5.74, 6) is 0.896. The summed E-state index contributed by atoms with van der Waals surface area (Å²) in [4.78, 5) is 12.2. The van der Waals surface area contributed by atoms with E-state index in [9.17, 15) is 4.79 Å². The summed E-state index contributed by atoms with van der Waals surface area (Å²) < 4.78 is 5.76. The lowest BCUT2D eigenvalue weighted by molar-refractivity contribution is -0.126. The van der Waals surface area contributed by atoms with Crippen LogP contribution in [0.5, 0.6) is 5.75 Å². The number of hydrogen-bond donors (Lipinski definition) is 3. The minimum absolute atomic E-state index is 0.0504. The number of carbonyl (C=O) groups is 1. The fourth-order valence-corrected chi connectivity index (χ4v) is 3.22. The lowest BCUT2D eigenvalue weighted by atomic mass is 9.91. The molecule has 6 heteroatoms. The lowest BCUT2D eigenvalue weighted by Gasteiger charge is -2.28. The molecule has 1 saturated heterocycles. The van der Waals surface area contributed by atoms with Crippen LogP contribution in [0, 0.1) is 18.9 Å². The van der Waals surface area contributed by atoms with Gasteiger partial charge in [0.2, 0.25) is 5.91 Å². The van der Waals surface area contributed by atoms with Crippen LogP contribution in [-0.2, 0) is 4.79 Å². The summed E-state index contributed by atoms with van der Waals surface area (Å²) in [6, 6.07) is 8.99. The largest absolute Gasteiger partial charge is 0.492 e. The first-order valence-corrected chi connectivity index (χ1v) is 8.81. The number of H-pyrrole nitrogens is 1. The molecule has 2 aromatic rings. The van der Waals surface area contributed by atoms with Crippen LogP contribution < -0.4 is 15.4 Å². The number of hydrogen-bond acceptors (Lipinski definition) is 4. The van der Waals surface area contributed by atoms with E-state index in [1.165, 1.54) is 0 Å². The van der Waals surface area contributed by atoms with Crippen molar-refractivity contribution in [3.63, 3.8) is 0 Å². The van der Waals surface area contributed by atoms with E-state index >= 15 is 0 Å². The first-order chi connectivity index (χ1) is 12.1. The second-order valence-corrected chi connectivity index (χ2v) is 6.47. The van der Waals surface area contributed by atoms with Crippen molar-refractivity contribution in [2.24, 2.45) is 5.92 Å². The van der Waals surface area contributed by atoms with Crippen molar-refractivity contribution < 1.29 is 9.53 Å². The van der Waals surface area contributed by atoms with Crippen LogP contribution in [0.3, 0.4) is 0 Å². The van der Waals surface area contributed by atoms with E-state index in [1.807, 2.05) is 25.3 Å². The van der Waals surface area contributed by atoms with Gasteiger partial charge in [0.05, 0.1) is 18.2 Å². The maximum absolute atomic E-state index is 12.2. The highest BCUT2D eigenvalue weighted by atomic mass is 16.5. The van der Waals surface area contributed by atoms with Crippen LogP contribution in [0.25, 0.3) is 11.1 Å². The zero-order valence-corrected chi connectivity index (χ0v) is 14.8. The van der Waals surface area contributed by atoms with Gasteiger partial charge < -0.3 is 15.4 Å². The topological polar surface area (TPSA) is 79.0 Å². The Kier molecular flexibility index (Phi) is 5.71. The minimum Gasteiger partial charge on any atom is -0.492 e. The maximum Gasteiger partial charge on any atom is 0.224 e. The van der Waals surface area contributed by atoms with E-state index in [4.69, 9.17) is 4.74 Å². The van der Waals surface area contributed by atoms with Gasteiger partial charge in [-0.3, -0.25) is 9.89 Å². The number of ether oxygens (including phenoxy) is 1. The van der Waals surface area contributed by atoms with Crippen LogP contribution in [0.2, 0.25) is 0 Å². The first-order valence-electron chi connectivity index (χ1n) is 8.81. The molecule has 6 nitrogen and oxygen atoms in total. The molecule has 25 heavy (non-hydrogen) atoms. The Balaban J connectivity index is 1.48. The number of carbonyl (C=O) groups excluding carboxylic acids is 1. The number of aromatic amines is 1. The summed E-state index contributed by atoms with van der Waals surface area (Å²) in [5, 5.41) is 13.3. The van der Waals surface area contributed by atoms with Crippen molar-refractivity contribution in [3.05, 3.63) is 36.2 Å². The maximum atomic E-state index is 12.2. The Hall–Kier alpha value is -2.34. The molecule has 1 aliphatic rings. The van der Waals surface area contributed by atoms with Gasteiger partial charge in [-0.15, -0.1) is 0 Å². The third kappa shape index (κ3) is 4.39. The molecule has 1 aromatic carbocycles. The third-order valence-corrected chi connectivity index (χ3v) is 4.67. The van der Waals surface area contributed by atoms with Crippen molar-refractivity contribution >= 4 is 5.91 Å². The Morgan fingerprint density at radius 3 is 3.12 bits per heavy atom. The zero-order valence-electron chi connectivity index (χ0n) is 14.8. The Labute approximate surface area is 148 Å². The summed E-state index contributed by atoms with van der Waals surface area (Å²) in [6.07, 6.45) is 3.86. The third-order valence-electron chi connectivity index (χ3n) is 4.67. The number of amides is 1. The van der Waals surface area contributed by atoms with Gasteiger partial charge in [-0.05, 0) is 63.1 Å². The van der Waals surface area contributed by atoms with Gasteiger partial charge in [-0.25, -0.2) is 0 Å². The molecule has 133 valence electrons. The molecule has 0 saturated carbocycles. The molecule has 1 aromatic heterocycles. The van der Waals surface area contributed by atoms with Crippen molar-refractivity contribution in [2.75, 3.05) is 19.7 Å². The molecule has 3 N–H and O–H groups in total. The number of rotatable bonds is 6. The molecular formula is C19H25N4O2. The van der Waals surface area contributed by atoms with Gasteiger partial charge in [-0.2, -0.15) is 5.10 Å². The number of aryl methyl sites for hydroxylation is 1. The average molecular weight is 341 g/mol. The second-order valence-electron chi connectivity index (χ2n) is 6.47. The van der Waals surface area contributed by atoms with Crippen LogP contribution in [0.15, 0.2) is 24.4 Å². The molecule has 1 amide bonds. The number of nitrogens with zero attached hydrogens (tertiary/aromatic N) is 1. The highest BCUT2D eigenvalue weighted by Crippen LogP contribution is 2.25. The standard InChI is InChI=1S/C19H25N4O2/c1-13-17(7-4-8-20-13)19(24)21-9-10-25-16-6-3-5-15(11-16)18-12-22-23-14(18)2/h5-6,11-13,17,20H,4,7-10H2,1-2H3,(H,21,24)(H,22,23)/t13-,17+/m1/s1. The molecule has 2 heterocycles. The van der Waals surface area contributed by atoms with E-state index in [-0.39, 0.29) is 17.9 Å². The van der Waals surface area contributed by atoms with Gasteiger partial charge in [0, 0.05) is 17.8 Å². The predicted molar refractivity (Wildman–Crippen MR) is 96.3 cm³/mol. The van der Waals surface area contributed by atoms with Crippen molar-refractivity contribution in [3.8, 4) is 16.9 Å². The average Bonchev–Trinajstić information content (AvgIpc) is 3.05. The molecule has 1 radical (unpaired) electrons. The SMILES string of the molecule is Cc1n[nH]cc1-c1c[c]cc(OCCNC(=O)[C@H]2CCCN[C@@H]2C)c1. The Morgan fingerprint density at radius 2 is 2.36 bits per heavy atom. The molecule has 0 unspecified atom stereocenters. The summed E-state index contributed by atoms with van der Waals surface area (Å²) in [5.41, 5.74) is 2.98. The highest BCUT2D eigenvalue weighted by Gasteiger charge is 2.26. The molecule has 3 rings (SSSR count). The van der Waals surface area contributed by atoms with E-state index < -0.39 is 0 Å². The van der Waals surface area contributed by atoms with Gasteiger partial charge in [0.25, 0.3) is 0 Å². The van der Waals surface area contributed by atoms with Crippen LogP contribution in [0.4, 0.5) is 0 Å². The number of benzene rings is 1. The molecule has 2 atom stereocenters. The Bertz CT molecular complexity index is 713. The van der Waals surface area contributed by atoms with Crippen molar-refractivity contribution in [1.82, 2.24) is 20.8 Å². The van der Waals surface area contributed by atoms with Crippen LogP contribution >= 0.6 is 0 Å². The first kappa shape index (κ1) is 17.5. The van der Waals surface area contributed by atoms with E-state index in [0.29, 0.717) is 13.2 Å². The van der Waals surface area contributed by atoms with Gasteiger partial charge in [0.1, 0.15) is 12.4 Å². The van der Waals surface area contributed by atoms with Gasteiger partial charge in [0.15, 0.2) is 0 Å². The summed E-state index contributed by atoms with van der Waals surface area (Å²) >= 11 is 0. The molecular weight excluding hydrogens is 316 g/mol. The molecule has 0 bridgehead atoms. The summed E-state index contributed by atoms with van der Waals surface area (Å²) in [7, 11) is 0. The predicted octanol–water partition coefficient (Wildman–Crippen LogP) is 2.07. The van der Waals surface area contributed by atoms with Gasteiger partial charge >= 0.3 is 0 Å². The number of piperidine rings is 1. The lowest BCUT2D eigenvalue weighted by Crippen LogP contribution is -2.47. The highest BCUT2D eigenvalue weighted by molar-refractivity contribution is 5.79. The summed E-state index contributed by atoms with van der Waals surface area (Å²) in [6.45, 7) is 5.95. The van der Waals surface area contributed by atoms with Crippen LogP contribution in [0.1, 0.15) is 25.5 Å². The second kappa shape index (κ2) is 8.16. The number of aromatic nitrogens is 2. The van der Waals surface area contributed by atoms with E-state index in [0.717, 1.165) is 42.0 Å². The fraction of sp³-hybridized carbons (Fsp3) is 0.474. The van der Waals surface area contributed by atoms with E-state index in [2.05, 4.69) is 33.8 Å². The number of nitrogens with one attached hydrogen (secondary N) is 3. The molecule has 0 aliphatic carbocycles. The minimum atomic E-state index is 0.0504. The zero-order chi connectivity index (χ0) is 17.6.